The van der Waals surface area contributed by atoms with Gasteiger partial charge in [0.1, 0.15) is 0 Å². The lowest BCUT2D eigenvalue weighted by molar-refractivity contribution is -0.131. The van der Waals surface area contributed by atoms with E-state index in [1.54, 1.807) is 4.90 Å². The van der Waals surface area contributed by atoms with Gasteiger partial charge in [-0.25, -0.2) is 8.78 Å². The molecule has 21 heavy (non-hydrogen) atoms. The lowest BCUT2D eigenvalue weighted by atomic mass is 10.1. The van der Waals surface area contributed by atoms with E-state index < -0.39 is 11.6 Å². The van der Waals surface area contributed by atoms with Crippen LogP contribution >= 0.6 is 12.2 Å². The smallest absolute Gasteiger partial charge is 0.227 e. The largest absolute Gasteiger partial charge is 0.392 e. The fourth-order valence-electron chi connectivity index (χ4n) is 2.75. The molecule has 1 aliphatic rings. The molecule has 0 saturated heterocycles. The molecule has 1 fully saturated rings. The quantitative estimate of drug-likeness (QED) is 0.850. The monoisotopic (exact) mass is 312 g/mol. The van der Waals surface area contributed by atoms with E-state index in [0.717, 1.165) is 31.7 Å². The molecular weight excluding hydrogens is 294 g/mol. The number of hydrogen-bond acceptors (Lipinski definition) is 2. The van der Waals surface area contributed by atoms with Gasteiger partial charge in [0.15, 0.2) is 11.6 Å². The number of nitrogens with zero attached hydrogens (tertiary/aromatic N) is 1. The van der Waals surface area contributed by atoms with E-state index in [9.17, 15) is 13.6 Å². The molecule has 2 rings (SSSR count). The fraction of sp³-hybridized carbons (Fsp3) is 0.467. The summed E-state index contributed by atoms with van der Waals surface area (Å²) in [4.78, 5) is 14.3. The summed E-state index contributed by atoms with van der Waals surface area (Å²) in [5, 5.41) is 0. The van der Waals surface area contributed by atoms with E-state index in [2.05, 4.69) is 0 Å². The fourth-order valence-corrected chi connectivity index (χ4v) is 2.89. The second-order valence-corrected chi connectivity index (χ2v) is 5.84. The summed E-state index contributed by atoms with van der Waals surface area (Å²) < 4.78 is 26.9. The summed E-state index contributed by atoms with van der Waals surface area (Å²) in [6, 6.07) is 3.95. The van der Waals surface area contributed by atoms with Crippen LogP contribution in [0, 0.1) is 11.6 Å². The highest BCUT2D eigenvalue weighted by molar-refractivity contribution is 7.80. The predicted octanol–water partition coefficient (Wildman–Crippen LogP) is 2.56. The van der Waals surface area contributed by atoms with Crippen LogP contribution in [0.1, 0.15) is 31.2 Å². The molecule has 1 amide bonds. The average Bonchev–Trinajstić information content (AvgIpc) is 2.94. The Balaban J connectivity index is 2.14. The Morgan fingerprint density at radius 3 is 2.62 bits per heavy atom. The van der Waals surface area contributed by atoms with Gasteiger partial charge in [0.05, 0.1) is 18.0 Å². The van der Waals surface area contributed by atoms with E-state index in [1.165, 1.54) is 12.1 Å². The number of carbonyl (C=O) groups excluding carboxylic acids is 1. The highest BCUT2D eigenvalue weighted by Gasteiger charge is 2.27. The van der Waals surface area contributed by atoms with Crippen LogP contribution < -0.4 is 5.73 Å². The first-order valence-corrected chi connectivity index (χ1v) is 7.40. The van der Waals surface area contributed by atoms with Crippen molar-refractivity contribution in [3.8, 4) is 0 Å². The third-order valence-corrected chi connectivity index (χ3v) is 3.91. The molecule has 0 spiro atoms. The van der Waals surface area contributed by atoms with Crippen molar-refractivity contribution in [1.29, 1.82) is 0 Å². The third kappa shape index (κ3) is 3.97. The molecule has 0 atom stereocenters. The van der Waals surface area contributed by atoms with Crippen LogP contribution in [0.4, 0.5) is 8.78 Å². The number of halogens is 2. The van der Waals surface area contributed by atoms with Crippen molar-refractivity contribution >= 4 is 23.1 Å². The molecule has 1 aliphatic carbocycles. The topological polar surface area (TPSA) is 46.3 Å². The molecule has 3 nitrogen and oxygen atoms in total. The zero-order chi connectivity index (χ0) is 15.4. The molecule has 1 saturated carbocycles. The molecule has 2 N–H and O–H groups in total. The number of rotatable bonds is 5. The second kappa shape index (κ2) is 6.93. The maximum atomic E-state index is 13.7. The van der Waals surface area contributed by atoms with Crippen molar-refractivity contribution in [2.24, 2.45) is 5.73 Å². The van der Waals surface area contributed by atoms with Crippen molar-refractivity contribution in [2.75, 3.05) is 6.54 Å². The van der Waals surface area contributed by atoms with Crippen LogP contribution in [-0.4, -0.2) is 28.4 Å². The Kier molecular flexibility index (Phi) is 5.22. The third-order valence-electron chi connectivity index (χ3n) is 3.79. The van der Waals surface area contributed by atoms with Crippen LogP contribution in [0.5, 0.6) is 0 Å². The van der Waals surface area contributed by atoms with Gasteiger partial charge in [-0.1, -0.05) is 37.2 Å². The number of benzene rings is 1. The first kappa shape index (κ1) is 15.8. The highest BCUT2D eigenvalue weighted by Crippen LogP contribution is 2.24. The van der Waals surface area contributed by atoms with E-state index in [0.29, 0.717) is 0 Å². The minimum atomic E-state index is -0.965. The van der Waals surface area contributed by atoms with Crippen LogP contribution in [-0.2, 0) is 11.2 Å². The van der Waals surface area contributed by atoms with Gasteiger partial charge in [-0.2, -0.15) is 0 Å². The summed E-state index contributed by atoms with van der Waals surface area (Å²) in [5.41, 5.74) is 5.61. The number of thiocarbonyl (C=S) groups is 1. The van der Waals surface area contributed by atoms with Gasteiger partial charge in [-0.05, 0) is 18.9 Å². The predicted molar refractivity (Wildman–Crippen MR) is 80.8 cm³/mol. The molecule has 0 unspecified atom stereocenters. The molecule has 6 heteroatoms. The molecule has 0 aromatic heterocycles. The Morgan fingerprint density at radius 2 is 2.00 bits per heavy atom. The zero-order valence-corrected chi connectivity index (χ0v) is 12.5. The number of amides is 1. The van der Waals surface area contributed by atoms with Crippen molar-refractivity contribution in [1.82, 2.24) is 4.90 Å². The minimum absolute atomic E-state index is 0.0611. The molecule has 0 radical (unpaired) electrons. The van der Waals surface area contributed by atoms with Crippen molar-refractivity contribution in [3.05, 3.63) is 35.4 Å². The normalized spacial score (nSPS) is 15.1. The van der Waals surface area contributed by atoms with E-state index in [-0.39, 0.29) is 35.5 Å². The van der Waals surface area contributed by atoms with Crippen molar-refractivity contribution < 1.29 is 13.6 Å². The number of nitrogens with two attached hydrogens (primary N) is 1. The summed E-state index contributed by atoms with van der Waals surface area (Å²) in [7, 11) is 0. The SMILES string of the molecule is NC(=S)CN(C(=O)Cc1cccc(F)c1F)C1CCCC1. The standard InChI is InChI=1S/C15H18F2N2OS/c16-12-7-3-4-10(15(12)17)8-14(20)19(9-13(18)21)11-5-1-2-6-11/h3-4,7,11H,1-2,5-6,8-9H2,(H2,18,21). The van der Waals surface area contributed by atoms with E-state index in [4.69, 9.17) is 18.0 Å². The Hall–Kier alpha value is -1.56. The Bertz CT molecular complexity index is 544. The van der Waals surface area contributed by atoms with Gasteiger partial charge >= 0.3 is 0 Å². The lowest BCUT2D eigenvalue weighted by Crippen LogP contribution is -2.44. The lowest BCUT2D eigenvalue weighted by Gasteiger charge is -2.28. The van der Waals surface area contributed by atoms with Gasteiger partial charge in [-0.3, -0.25) is 4.79 Å². The molecule has 114 valence electrons. The molecule has 0 aliphatic heterocycles. The van der Waals surface area contributed by atoms with Crippen molar-refractivity contribution in [3.63, 3.8) is 0 Å². The summed E-state index contributed by atoms with van der Waals surface area (Å²) >= 11 is 4.89. The first-order valence-electron chi connectivity index (χ1n) is 6.99. The average molecular weight is 312 g/mol. The zero-order valence-electron chi connectivity index (χ0n) is 11.6. The van der Waals surface area contributed by atoms with Crippen molar-refractivity contribution in [2.45, 2.75) is 38.1 Å². The second-order valence-electron chi connectivity index (χ2n) is 5.32. The maximum absolute atomic E-state index is 13.7. The van der Waals surface area contributed by atoms with Gasteiger partial charge in [0.25, 0.3) is 0 Å². The summed E-state index contributed by atoms with van der Waals surface area (Å²) in [6.07, 6.45) is 3.74. The van der Waals surface area contributed by atoms with Crippen LogP contribution in [0.25, 0.3) is 0 Å². The van der Waals surface area contributed by atoms with E-state index in [1.807, 2.05) is 0 Å². The van der Waals surface area contributed by atoms with E-state index >= 15 is 0 Å². The van der Waals surface area contributed by atoms with Gasteiger partial charge in [-0.15, -0.1) is 0 Å². The van der Waals surface area contributed by atoms with Gasteiger partial charge in [0, 0.05) is 11.6 Å². The molecular formula is C15H18F2N2OS. The molecule has 1 aromatic carbocycles. The summed E-state index contributed by atoms with van der Waals surface area (Å²) in [6.45, 7) is 0.190. The Labute approximate surface area is 128 Å². The molecule has 0 heterocycles. The van der Waals surface area contributed by atoms with Crippen LogP contribution in [0.2, 0.25) is 0 Å². The van der Waals surface area contributed by atoms with Gasteiger partial charge in [0.2, 0.25) is 5.91 Å². The van der Waals surface area contributed by atoms with Crippen LogP contribution in [0.15, 0.2) is 18.2 Å². The highest BCUT2D eigenvalue weighted by atomic mass is 32.1. The minimum Gasteiger partial charge on any atom is -0.392 e. The molecule has 0 bridgehead atoms. The van der Waals surface area contributed by atoms with Crippen LogP contribution in [0.3, 0.4) is 0 Å². The molecule has 1 aromatic rings. The maximum Gasteiger partial charge on any atom is 0.227 e. The van der Waals surface area contributed by atoms with Gasteiger partial charge < -0.3 is 10.6 Å². The number of hydrogen-bond donors (Lipinski definition) is 1. The first-order chi connectivity index (χ1) is 9.99. The number of carbonyl (C=O) groups is 1. The summed E-state index contributed by atoms with van der Waals surface area (Å²) in [5.74, 6) is -2.17. The Morgan fingerprint density at radius 1 is 1.33 bits per heavy atom.